The van der Waals surface area contributed by atoms with Gasteiger partial charge in [-0.25, -0.2) is 8.42 Å². The molecule has 8 heteroatoms. The first-order chi connectivity index (χ1) is 13.8. The highest BCUT2D eigenvalue weighted by Gasteiger charge is 2.26. The third-order valence-electron chi connectivity index (χ3n) is 4.76. The van der Waals surface area contributed by atoms with E-state index >= 15 is 0 Å². The SMILES string of the molecule is Cc1ccc(Cl)cc1NC(=O)CN1CCN(S(=O)(=O)/C=C\c2ccccc2)CC1. The molecule has 0 saturated carbocycles. The number of piperazine rings is 1. The van der Waals surface area contributed by atoms with Crippen molar-refractivity contribution in [2.75, 3.05) is 38.0 Å². The Kier molecular flexibility index (Phi) is 7.08. The number of sulfonamides is 1. The second-order valence-corrected chi connectivity index (χ2v) is 9.20. The summed E-state index contributed by atoms with van der Waals surface area (Å²) in [5.74, 6) is -0.143. The summed E-state index contributed by atoms with van der Waals surface area (Å²) in [6.45, 7) is 3.81. The van der Waals surface area contributed by atoms with Crippen molar-refractivity contribution in [2.24, 2.45) is 0 Å². The third kappa shape index (κ3) is 6.14. The Morgan fingerprint density at radius 3 is 2.48 bits per heavy atom. The minimum atomic E-state index is -3.48. The second-order valence-electron chi connectivity index (χ2n) is 6.94. The van der Waals surface area contributed by atoms with E-state index in [4.69, 9.17) is 11.6 Å². The lowest BCUT2D eigenvalue weighted by Crippen LogP contribution is -2.49. The van der Waals surface area contributed by atoms with Gasteiger partial charge in [0, 0.05) is 42.3 Å². The van der Waals surface area contributed by atoms with Crippen molar-refractivity contribution in [1.29, 1.82) is 0 Å². The van der Waals surface area contributed by atoms with Crippen molar-refractivity contribution in [3.63, 3.8) is 0 Å². The van der Waals surface area contributed by atoms with Crippen LogP contribution in [0, 0.1) is 6.92 Å². The third-order valence-corrected chi connectivity index (χ3v) is 6.56. The zero-order chi connectivity index (χ0) is 20.9. The van der Waals surface area contributed by atoms with Crippen LogP contribution in [0.2, 0.25) is 5.02 Å². The molecule has 0 atom stereocenters. The van der Waals surface area contributed by atoms with E-state index in [2.05, 4.69) is 5.32 Å². The average molecular weight is 434 g/mol. The number of nitrogens with zero attached hydrogens (tertiary/aromatic N) is 2. The predicted octanol–water partition coefficient (Wildman–Crippen LogP) is 3.21. The Balaban J connectivity index is 1.51. The fraction of sp³-hybridized carbons (Fsp3) is 0.286. The van der Waals surface area contributed by atoms with Gasteiger partial charge in [-0.15, -0.1) is 0 Å². The second kappa shape index (κ2) is 9.54. The molecule has 2 aromatic rings. The van der Waals surface area contributed by atoms with Crippen LogP contribution < -0.4 is 5.32 Å². The van der Waals surface area contributed by atoms with Gasteiger partial charge < -0.3 is 5.32 Å². The van der Waals surface area contributed by atoms with E-state index in [0.29, 0.717) is 36.9 Å². The number of halogens is 1. The first-order valence-electron chi connectivity index (χ1n) is 9.35. The van der Waals surface area contributed by atoms with E-state index < -0.39 is 10.0 Å². The van der Waals surface area contributed by atoms with Crippen LogP contribution in [0.25, 0.3) is 6.08 Å². The lowest BCUT2D eigenvalue weighted by atomic mass is 10.2. The summed E-state index contributed by atoms with van der Waals surface area (Å²) in [4.78, 5) is 14.3. The molecule has 0 bridgehead atoms. The van der Waals surface area contributed by atoms with Crippen LogP contribution in [0.4, 0.5) is 5.69 Å². The summed E-state index contributed by atoms with van der Waals surface area (Å²) < 4.78 is 26.5. The van der Waals surface area contributed by atoms with Crippen molar-refractivity contribution in [3.05, 3.63) is 70.1 Å². The maximum absolute atomic E-state index is 12.5. The zero-order valence-electron chi connectivity index (χ0n) is 16.2. The summed E-state index contributed by atoms with van der Waals surface area (Å²) >= 11 is 5.99. The highest BCUT2D eigenvalue weighted by atomic mass is 35.5. The van der Waals surface area contributed by atoms with Crippen molar-refractivity contribution in [3.8, 4) is 0 Å². The number of carbonyl (C=O) groups excluding carboxylic acids is 1. The Hall–Kier alpha value is -2.19. The summed E-state index contributed by atoms with van der Waals surface area (Å²) in [7, 11) is -3.48. The topological polar surface area (TPSA) is 69.7 Å². The number of rotatable bonds is 6. The van der Waals surface area contributed by atoms with E-state index in [1.54, 1.807) is 18.2 Å². The van der Waals surface area contributed by atoms with Crippen LogP contribution >= 0.6 is 11.6 Å². The summed E-state index contributed by atoms with van der Waals surface area (Å²) in [5.41, 5.74) is 2.46. The largest absolute Gasteiger partial charge is 0.325 e. The molecule has 1 amide bonds. The Labute approximate surface area is 176 Å². The Bertz CT molecular complexity index is 985. The molecule has 6 nitrogen and oxygen atoms in total. The number of nitrogens with one attached hydrogen (secondary N) is 1. The van der Waals surface area contributed by atoms with Gasteiger partial charge in [0.15, 0.2) is 0 Å². The first-order valence-corrected chi connectivity index (χ1v) is 11.2. The first kappa shape index (κ1) is 21.5. The van der Waals surface area contributed by atoms with Gasteiger partial charge >= 0.3 is 0 Å². The normalized spacial score (nSPS) is 16.2. The molecule has 0 spiro atoms. The van der Waals surface area contributed by atoms with E-state index in [1.807, 2.05) is 48.2 Å². The van der Waals surface area contributed by atoms with E-state index in [-0.39, 0.29) is 12.5 Å². The number of carbonyl (C=O) groups is 1. The number of amides is 1. The summed E-state index contributed by atoms with van der Waals surface area (Å²) in [6, 6.07) is 14.7. The molecular weight excluding hydrogens is 410 g/mol. The van der Waals surface area contributed by atoms with Crippen molar-refractivity contribution in [2.45, 2.75) is 6.92 Å². The van der Waals surface area contributed by atoms with Gasteiger partial charge in [0.2, 0.25) is 15.9 Å². The lowest BCUT2D eigenvalue weighted by molar-refractivity contribution is -0.117. The minimum Gasteiger partial charge on any atom is -0.325 e. The van der Waals surface area contributed by atoms with Crippen LogP contribution in [0.5, 0.6) is 0 Å². The molecule has 29 heavy (non-hydrogen) atoms. The molecule has 3 rings (SSSR count). The molecular formula is C21H24ClN3O3S. The molecule has 1 aliphatic rings. The standard InChI is InChI=1S/C21H24ClN3O3S/c1-17-7-8-19(22)15-20(17)23-21(26)16-24-10-12-25(13-11-24)29(27,28)14-9-18-5-3-2-4-6-18/h2-9,14-15H,10-13,16H2,1H3,(H,23,26)/b14-9-. The van der Waals surface area contributed by atoms with Crippen molar-refractivity contribution >= 4 is 39.3 Å². The Morgan fingerprint density at radius 2 is 1.79 bits per heavy atom. The van der Waals surface area contributed by atoms with Gasteiger partial charge in [0.1, 0.15) is 0 Å². The van der Waals surface area contributed by atoms with Gasteiger partial charge in [-0.05, 0) is 36.3 Å². The van der Waals surface area contributed by atoms with Crippen LogP contribution in [-0.2, 0) is 14.8 Å². The minimum absolute atomic E-state index is 0.143. The molecule has 0 radical (unpaired) electrons. The van der Waals surface area contributed by atoms with Crippen molar-refractivity contribution < 1.29 is 13.2 Å². The fourth-order valence-electron chi connectivity index (χ4n) is 3.08. The molecule has 154 valence electrons. The molecule has 1 N–H and O–H groups in total. The highest BCUT2D eigenvalue weighted by molar-refractivity contribution is 7.92. The van der Waals surface area contributed by atoms with Gasteiger partial charge in [-0.3, -0.25) is 9.69 Å². The number of hydrogen-bond donors (Lipinski definition) is 1. The Morgan fingerprint density at radius 1 is 1.10 bits per heavy atom. The molecule has 1 saturated heterocycles. The molecule has 0 aromatic heterocycles. The van der Waals surface area contributed by atoms with Crippen LogP contribution in [0.15, 0.2) is 53.9 Å². The van der Waals surface area contributed by atoms with Crippen LogP contribution in [-0.4, -0.2) is 56.3 Å². The number of hydrogen-bond acceptors (Lipinski definition) is 4. The highest BCUT2D eigenvalue weighted by Crippen LogP contribution is 2.20. The summed E-state index contributed by atoms with van der Waals surface area (Å²) in [5, 5.41) is 4.68. The van der Waals surface area contributed by atoms with Gasteiger partial charge in [0.05, 0.1) is 6.54 Å². The van der Waals surface area contributed by atoms with Crippen molar-refractivity contribution in [1.82, 2.24) is 9.21 Å². The molecule has 1 fully saturated rings. The van der Waals surface area contributed by atoms with E-state index in [0.717, 1.165) is 11.1 Å². The zero-order valence-corrected chi connectivity index (χ0v) is 17.8. The van der Waals surface area contributed by atoms with Crippen LogP contribution in [0.3, 0.4) is 0 Å². The number of anilines is 1. The lowest BCUT2D eigenvalue weighted by Gasteiger charge is -2.32. The van der Waals surface area contributed by atoms with E-state index in [9.17, 15) is 13.2 Å². The van der Waals surface area contributed by atoms with Gasteiger partial charge in [-0.2, -0.15) is 4.31 Å². The molecule has 0 unspecified atom stereocenters. The molecule has 1 heterocycles. The average Bonchev–Trinajstić information content (AvgIpc) is 2.70. The number of benzene rings is 2. The maximum atomic E-state index is 12.5. The smallest absolute Gasteiger partial charge is 0.238 e. The maximum Gasteiger partial charge on any atom is 0.238 e. The monoisotopic (exact) mass is 433 g/mol. The predicted molar refractivity (Wildman–Crippen MR) is 117 cm³/mol. The van der Waals surface area contributed by atoms with Gasteiger partial charge in [-0.1, -0.05) is 48.0 Å². The van der Waals surface area contributed by atoms with E-state index in [1.165, 1.54) is 9.71 Å². The number of aryl methyl sites for hydroxylation is 1. The van der Waals surface area contributed by atoms with Gasteiger partial charge in [0.25, 0.3) is 0 Å². The summed E-state index contributed by atoms with van der Waals surface area (Å²) in [6.07, 6.45) is 1.60. The van der Waals surface area contributed by atoms with Crippen LogP contribution in [0.1, 0.15) is 11.1 Å². The fourth-order valence-corrected chi connectivity index (χ4v) is 4.42. The molecule has 1 aliphatic heterocycles. The molecule has 0 aliphatic carbocycles. The molecule has 2 aromatic carbocycles. The quantitative estimate of drug-likeness (QED) is 0.759.